The van der Waals surface area contributed by atoms with E-state index in [1.54, 1.807) is 12.1 Å². The summed E-state index contributed by atoms with van der Waals surface area (Å²) in [6.07, 6.45) is 1.53. The number of benzene rings is 1. The Hall–Kier alpha value is -3.00. The van der Waals surface area contributed by atoms with E-state index in [4.69, 9.17) is 14.1 Å². The maximum Gasteiger partial charge on any atom is 0.289 e. The number of carbonyl (C=O) groups excluding carboxylic acids is 1. The lowest BCUT2D eigenvalue weighted by Gasteiger charge is -2.36. The number of hydrogen-bond donors (Lipinski definition) is 1. The molecule has 0 saturated carbocycles. The van der Waals surface area contributed by atoms with Crippen LogP contribution in [0.3, 0.4) is 0 Å². The van der Waals surface area contributed by atoms with Gasteiger partial charge in [0.05, 0.1) is 12.8 Å². The summed E-state index contributed by atoms with van der Waals surface area (Å²) in [5.41, 5.74) is 1.10. The molecule has 1 saturated heterocycles. The molecular weight excluding hydrogens is 394 g/mol. The smallest absolute Gasteiger partial charge is 0.289 e. The maximum absolute atomic E-state index is 12.5. The predicted octanol–water partition coefficient (Wildman–Crippen LogP) is 2.14. The van der Waals surface area contributed by atoms with Gasteiger partial charge in [-0.15, -0.1) is 0 Å². The SMILES string of the molecule is CCNC(=NCc1cccc(OCCN(C)C)c1)N1CCN(C(=O)c2ccco2)CC1. The molecule has 1 aromatic heterocycles. The van der Waals surface area contributed by atoms with Gasteiger partial charge in [-0.2, -0.15) is 0 Å². The van der Waals surface area contributed by atoms with E-state index in [1.165, 1.54) is 6.26 Å². The summed E-state index contributed by atoms with van der Waals surface area (Å²) < 4.78 is 11.1. The van der Waals surface area contributed by atoms with E-state index in [0.717, 1.165) is 43.5 Å². The number of ether oxygens (including phenoxy) is 1. The Morgan fingerprint density at radius 1 is 1.16 bits per heavy atom. The zero-order chi connectivity index (χ0) is 22.1. The highest BCUT2D eigenvalue weighted by atomic mass is 16.5. The fourth-order valence-electron chi connectivity index (χ4n) is 3.35. The van der Waals surface area contributed by atoms with Gasteiger partial charge in [0.15, 0.2) is 11.7 Å². The van der Waals surface area contributed by atoms with Crippen LogP contribution in [0, 0.1) is 0 Å². The van der Waals surface area contributed by atoms with Gasteiger partial charge >= 0.3 is 0 Å². The van der Waals surface area contributed by atoms with Crippen molar-refractivity contribution < 1.29 is 13.9 Å². The van der Waals surface area contributed by atoms with E-state index in [2.05, 4.69) is 28.1 Å². The molecule has 1 amide bonds. The molecule has 0 unspecified atom stereocenters. The monoisotopic (exact) mass is 427 g/mol. The normalized spacial score (nSPS) is 14.8. The Balaban J connectivity index is 1.56. The third kappa shape index (κ3) is 6.75. The fraction of sp³-hybridized carbons (Fsp3) is 0.478. The van der Waals surface area contributed by atoms with E-state index >= 15 is 0 Å². The molecule has 168 valence electrons. The van der Waals surface area contributed by atoms with Crippen LogP contribution in [0.15, 0.2) is 52.1 Å². The molecule has 0 spiro atoms. The molecule has 1 fully saturated rings. The standard InChI is InChI=1S/C23H33N5O3/c1-4-24-23(25-18-19-7-5-8-20(17-19)30-16-14-26(2)3)28-12-10-27(11-13-28)22(29)21-9-6-15-31-21/h5-9,15,17H,4,10-14,16,18H2,1-3H3,(H,24,25). The quantitative estimate of drug-likeness (QED) is 0.514. The number of aliphatic imine (C=N–C) groups is 1. The number of hydrogen-bond acceptors (Lipinski definition) is 5. The average Bonchev–Trinajstić information content (AvgIpc) is 3.31. The van der Waals surface area contributed by atoms with E-state index < -0.39 is 0 Å². The topological polar surface area (TPSA) is 73.6 Å². The summed E-state index contributed by atoms with van der Waals surface area (Å²) in [5.74, 6) is 2.07. The van der Waals surface area contributed by atoms with Gasteiger partial charge in [0.25, 0.3) is 5.91 Å². The Bertz CT molecular complexity index is 843. The van der Waals surface area contributed by atoms with E-state index in [0.29, 0.717) is 32.0 Å². The van der Waals surface area contributed by atoms with Crippen LogP contribution >= 0.6 is 0 Å². The van der Waals surface area contributed by atoms with Crippen molar-refractivity contribution in [3.05, 3.63) is 54.0 Å². The minimum atomic E-state index is -0.0577. The lowest BCUT2D eigenvalue weighted by Crippen LogP contribution is -2.53. The molecule has 31 heavy (non-hydrogen) atoms. The molecule has 1 aliphatic heterocycles. The molecule has 2 heterocycles. The Morgan fingerprint density at radius 2 is 1.94 bits per heavy atom. The van der Waals surface area contributed by atoms with Gasteiger partial charge in [-0.1, -0.05) is 12.1 Å². The lowest BCUT2D eigenvalue weighted by molar-refractivity contribution is 0.0657. The third-order valence-electron chi connectivity index (χ3n) is 5.05. The first-order valence-corrected chi connectivity index (χ1v) is 10.8. The number of nitrogens with zero attached hydrogens (tertiary/aromatic N) is 4. The van der Waals surface area contributed by atoms with E-state index in [9.17, 15) is 4.79 Å². The zero-order valence-electron chi connectivity index (χ0n) is 18.7. The van der Waals surface area contributed by atoms with Gasteiger partial charge in [-0.25, -0.2) is 4.99 Å². The van der Waals surface area contributed by atoms with E-state index in [1.807, 2.05) is 37.2 Å². The molecule has 1 N–H and O–H groups in total. The predicted molar refractivity (Wildman–Crippen MR) is 121 cm³/mol. The van der Waals surface area contributed by atoms with Crippen LogP contribution in [0.1, 0.15) is 23.0 Å². The Kier molecular flexibility index (Phi) is 8.35. The first kappa shape index (κ1) is 22.7. The largest absolute Gasteiger partial charge is 0.492 e. The van der Waals surface area contributed by atoms with Crippen LogP contribution in [0.25, 0.3) is 0 Å². The first-order valence-electron chi connectivity index (χ1n) is 10.8. The van der Waals surface area contributed by atoms with Gasteiger partial charge in [0.2, 0.25) is 0 Å². The van der Waals surface area contributed by atoms with Crippen LogP contribution in [-0.4, -0.2) is 86.5 Å². The minimum absolute atomic E-state index is 0.0577. The summed E-state index contributed by atoms with van der Waals surface area (Å²) in [5, 5.41) is 3.37. The second kappa shape index (κ2) is 11.4. The summed E-state index contributed by atoms with van der Waals surface area (Å²) >= 11 is 0. The van der Waals surface area contributed by atoms with Crippen LogP contribution < -0.4 is 10.1 Å². The highest BCUT2D eigenvalue weighted by molar-refractivity contribution is 5.91. The molecule has 0 aliphatic carbocycles. The molecule has 2 aromatic rings. The first-order chi connectivity index (χ1) is 15.1. The second-order valence-electron chi connectivity index (χ2n) is 7.73. The second-order valence-corrected chi connectivity index (χ2v) is 7.73. The van der Waals surface area contributed by atoms with Crippen molar-refractivity contribution in [2.45, 2.75) is 13.5 Å². The van der Waals surface area contributed by atoms with Crippen molar-refractivity contribution in [1.82, 2.24) is 20.0 Å². The number of rotatable bonds is 8. The number of likely N-dealkylation sites (N-methyl/N-ethyl adjacent to an activating group) is 1. The number of nitrogens with one attached hydrogen (secondary N) is 1. The molecule has 1 aliphatic rings. The third-order valence-corrected chi connectivity index (χ3v) is 5.05. The highest BCUT2D eigenvalue weighted by Crippen LogP contribution is 2.15. The van der Waals surface area contributed by atoms with Gasteiger partial charge in [0.1, 0.15) is 12.4 Å². The van der Waals surface area contributed by atoms with Crippen molar-refractivity contribution >= 4 is 11.9 Å². The molecule has 0 radical (unpaired) electrons. The molecule has 3 rings (SSSR count). The molecule has 8 heteroatoms. The van der Waals surface area contributed by atoms with Crippen LogP contribution in [0.4, 0.5) is 0 Å². The molecule has 0 atom stereocenters. The molecular formula is C23H33N5O3. The van der Waals surface area contributed by atoms with Crippen molar-refractivity contribution in [2.75, 3.05) is 60.0 Å². The Morgan fingerprint density at radius 3 is 2.61 bits per heavy atom. The highest BCUT2D eigenvalue weighted by Gasteiger charge is 2.25. The molecule has 1 aromatic carbocycles. The Labute approximate surface area is 184 Å². The summed E-state index contributed by atoms with van der Waals surface area (Å²) in [4.78, 5) is 23.4. The summed E-state index contributed by atoms with van der Waals surface area (Å²) in [6, 6.07) is 11.5. The maximum atomic E-state index is 12.5. The number of furan rings is 1. The van der Waals surface area contributed by atoms with Crippen molar-refractivity contribution in [2.24, 2.45) is 4.99 Å². The number of amides is 1. The van der Waals surface area contributed by atoms with Gasteiger partial charge in [0, 0.05) is 39.3 Å². The number of guanidine groups is 1. The molecule has 8 nitrogen and oxygen atoms in total. The van der Waals surface area contributed by atoms with Gasteiger partial charge in [-0.3, -0.25) is 4.79 Å². The van der Waals surface area contributed by atoms with Gasteiger partial charge in [-0.05, 0) is 50.8 Å². The summed E-state index contributed by atoms with van der Waals surface area (Å²) in [6.45, 7) is 7.68. The van der Waals surface area contributed by atoms with E-state index in [-0.39, 0.29) is 5.91 Å². The van der Waals surface area contributed by atoms with Crippen molar-refractivity contribution in [3.8, 4) is 5.75 Å². The average molecular weight is 428 g/mol. The van der Waals surface area contributed by atoms with Crippen LogP contribution in [0.5, 0.6) is 5.75 Å². The molecule has 0 bridgehead atoms. The number of piperazine rings is 1. The van der Waals surface area contributed by atoms with Gasteiger partial charge < -0.3 is 29.2 Å². The summed E-state index contributed by atoms with van der Waals surface area (Å²) in [7, 11) is 4.06. The van der Waals surface area contributed by atoms with Crippen LogP contribution in [-0.2, 0) is 6.54 Å². The lowest BCUT2D eigenvalue weighted by atomic mass is 10.2. The number of carbonyl (C=O) groups is 1. The minimum Gasteiger partial charge on any atom is -0.492 e. The van der Waals surface area contributed by atoms with Crippen LogP contribution in [0.2, 0.25) is 0 Å². The van der Waals surface area contributed by atoms with Crippen molar-refractivity contribution in [3.63, 3.8) is 0 Å². The zero-order valence-corrected chi connectivity index (χ0v) is 18.7. The fourth-order valence-corrected chi connectivity index (χ4v) is 3.35. The van der Waals surface area contributed by atoms with Crippen molar-refractivity contribution in [1.29, 1.82) is 0 Å².